The molecule has 1 aliphatic rings. The van der Waals surface area contributed by atoms with Crippen LogP contribution in [0.1, 0.15) is 47.9 Å². The van der Waals surface area contributed by atoms with Gasteiger partial charge in [0.25, 0.3) is 0 Å². The van der Waals surface area contributed by atoms with Crippen LogP contribution in [0.2, 0.25) is 0 Å². The minimum atomic E-state index is 0.392. The Bertz CT molecular complexity index is 372. The van der Waals surface area contributed by atoms with Crippen molar-refractivity contribution >= 4 is 11.6 Å². The van der Waals surface area contributed by atoms with E-state index in [0.29, 0.717) is 11.3 Å². The second-order valence-corrected chi connectivity index (χ2v) is 6.20. The molecule has 0 N–H and O–H groups in total. The maximum atomic E-state index is 6.47. The average Bonchev–Trinajstić information content (AvgIpc) is 2.25. The van der Waals surface area contributed by atoms with Crippen LogP contribution in [-0.2, 0) is 6.42 Å². The fourth-order valence-electron chi connectivity index (χ4n) is 3.19. The van der Waals surface area contributed by atoms with Crippen molar-refractivity contribution in [3.05, 3.63) is 34.4 Å². The highest BCUT2D eigenvalue weighted by Gasteiger charge is 2.24. The highest BCUT2D eigenvalue weighted by molar-refractivity contribution is 6.20. The number of alkyl halides is 1. The van der Waals surface area contributed by atoms with Crippen molar-refractivity contribution in [1.29, 1.82) is 0 Å². The van der Waals surface area contributed by atoms with Crippen LogP contribution < -0.4 is 0 Å². The predicted octanol–water partition coefficient (Wildman–Crippen LogP) is 4.95. The first-order valence-electron chi connectivity index (χ1n) is 6.78. The fourth-order valence-corrected chi connectivity index (χ4v) is 3.56. The molecule has 17 heavy (non-hydrogen) atoms. The number of hydrogen-bond donors (Lipinski definition) is 0. The Morgan fingerprint density at radius 3 is 2.24 bits per heavy atom. The molecule has 0 aromatic heterocycles. The number of rotatable bonds is 2. The van der Waals surface area contributed by atoms with Crippen LogP contribution in [0, 0.1) is 26.7 Å². The molecule has 1 aromatic carbocycles. The predicted molar refractivity (Wildman–Crippen MR) is 76.0 cm³/mol. The molecule has 0 spiro atoms. The maximum absolute atomic E-state index is 6.47. The van der Waals surface area contributed by atoms with Gasteiger partial charge in [-0.15, -0.1) is 11.6 Å². The van der Waals surface area contributed by atoms with E-state index in [0.717, 1.165) is 0 Å². The Kier molecular flexibility index (Phi) is 4.14. The van der Waals surface area contributed by atoms with Gasteiger partial charge < -0.3 is 0 Å². The smallest absolute Gasteiger partial charge is 0.0367 e. The van der Waals surface area contributed by atoms with E-state index < -0.39 is 0 Å². The molecular weight excluding hydrogens is 228 g/mol. The molecule has 0 heterocycles. The van der Waals surface area contributed by atoms with Crippen molar-refractivity contribution in [1.82, 2.24) is 0 Å². The zero-order valence-electron chi connectivity index (χ0n) is 11.2. The van der Waals surface area contributed by atoms with Crippen molar-refractivity contribution in [2.75, 3.05) is 0 Å². The summed E-state index contributed by atoms with van der Waals surface area (Å²) < 4.78 is 0. The Morgan fingerprint density at radius 2 is 1.65 bits per heavy atom. The molecule has 2 rings (SSSR count). The Balaban J connectivity index is 2.17. The van der Waals surface area contributed by atoms with Gasteiger partial charge >= 0.3 is 0 Å². The number of aryl methyl sites for hydroxylation is 3. The minimum Gasteiger partial charge on any atom is -0.123 e. The summed E-state index contributed by atoms with van der Waals surface area (Å²) in [5.74, 6) is 0.686. The molecule has 0 bridgehead atoms. The average molecular weight is 251 g/mol. The monoisotopic (exact) mass is 250 g/mol. The lowest BCUT2D eigenvalue weighted by Crippen LogP contribution is -2.22. The van der Waals surface area contributed by atoms with Crippen LogP contribution in [0.5, 0.6) is 0 Å². The second kappa shape index (κ2) is 5.44. The molecule has 94 valence electrons. The van der Waals surface area contributed by atoms with Crippen molar-refractivity contribution in [2.24, 2.45) is 5.92 Å². The summed E-state index contributed by atoms with van der Waals surface area (Å²) in [6.07, 6.45) is 6.36. The van der Waals surface area contributed by atoms with E-state index in [1.54, 1.807) is 0 Å². The van der Waals surface area contributed by atoms with Crippen LogP contribution in [0.4, 0.5) is 0 Å². The lowest BCUT2D eigenvalue weighted by atomic mass is 9.82. The molecule has 0 aliphatic heterocycles. The van der Waals surface area contributed by atoms with Crippen molar-refractivity contribution < 1.29 is 0 Å². The molecule has 0 radical (unpaired) electrons. The van der Waals surface area contributed by atoms with Gasteiger partial charge in [0.1, 0.15) is 0 Å². The SMILES string of the molecule is Cc1cc(C)c(CC2CCCCC2Cl)c(C)c1. The molecule has 0 amide bonds. The van der Waals surface area contributed by atoms with Crippen LogP contribution in [0.3, 0.4) is 0 Å². The lowest BCUT2D eigenvalue weighted by molar-refractivity contribution is 0.363. The van der Waals surface area contributed by atoms with E-state index in [1.807, 2.05) is 0 Å². The molecule has 0 nitrogen and oxygen atoms in total. The molecular formula is C16H23Cl. The van der Waals surface area contributed by atoms with Gasteiger partial charge in [0.15, 0.2) is 0 Å². The Labute approximate surface area is 110 Å². The van der Waals surface area contributed by atoms with Crippen LogP contribution >= 0.6 is 11.6 Å². The van der Waals surface area contributed by atoms with Gasteiger partial charge in [0.2, 0.25) is 0 Å². The highest BCUT2D eigenvalue weighted by atomic mass is 35.5. The lowest BCUT2D eigenvalue weighted by Gasteiger charge is -2.28. The zero-order chi connectivity index (χ0) is 12.4. The largest absolute Gasteiger partial charge is 0.123 e. The molecule has 1 fully saturated rings. The third-order valence-corrected chi connectivity index (χ3v) is 4.70. The normalized spacial score (nSPS) is 24.9. The van der Waals surface area contributed by atoms with Gasteiger partial charge in [-0.05, 0) is 62.6 Å². The summed E-state index contributed by atoms with van der Waals surface area (Å²) >= 11 is 6.47. The van der Waals surface area contributed by atoms with Gasteiger partial charge in [0, 0.05) is 5.38 Å². The zero-order valence-corrected chi connectivity index (χ0v) is 12.0. The summed E-state index contributed by atoms with van der Waals surface area (Å²) in [7, 11) is 0. The standard InChI is InChI=1S/C16H23Cl/c1-11-8-12(2)15(13(3)9-11)10-14-6-4-5-7-16(14)17/h8-9,14,16H,4-7,10H2,1-3H3. The molecule has 1 saturated carbocycles. The molecule has 0 saturated heterocycles. The number of hydrogen-bond acceptors (Lipinski definition) is 0. The van der Waals surface area contributed by atoms with E-state index in [9.17, 15) is 0 Å². The van der Waals surface area contributed by atoms with Gasteiger partial charge in [-0.25, -0.2) is 0 Å². The van der Waals surface area contributed by atoms with Crippen molar-refractivity contribution in [2.45, 2.75) is 58.3 Å². The molecule has 2 atom stereocenters. The van der Waals surface area contributed by atoms with E-state index in [1.165, 1.54) is 54.4 Å². The van der Waals surface area contributed by atoms with E-state index in [2.05, 4.69) is 32.9 Å². The van der Waals surface area contributed by atoms with Crippen molar-refractivity contribution in [3.63, 3.8) is 0 Å². The first kappa shape index (κ1) is 13.0. The van der Waals surface area contributed by atoms with Gasteiger partial charge in [-0.2, -0.15) is 0 Å². The summed E-state index contributed by atoms with van der Waals surface area (Å²) in [6, 6.07) is 4.60. The van der Waals surface area contributed by atoms with Crippen LogP contribution in [-0.4, -0.2) is 5.38 Å². The fraction of sp³-hybridized carbons (Fsp3) is 0.625. The first-order chi connectivity index (χ1) is 8.08. The Morgan fingerprint density at radius 1 is 1.06 bits per heavy atom. The topological polar surface area (TPSA) is 0 Å². The quantitative estimate of drug-likeness (QED) is 0.652. The third-order valence-electron chi connectivity index (χ3n) is 4.12. The molecule has 1 heteroatoms. The van der Waals surface area contributed by atoms with Crippen LogP contribution in [0.25, 0.3) is 0 Å². The molecule has 1 aromatic rings. The van der Waals surface area contributed by atoms with E-state index >= 15 is 0 Å². The van der Waals surface area contributed by atoms with Gasteiger partial charge in [0.05, 0.1) is 0 Å². The van der Waals surface area contributed by atoms with Gasteiger partial charge in [-0.1, -0.05) is 30.5 Å². The van der Waals surface area contributed by atoms with Crippen LogP contribution in [0.15, 0.2) is 12.1 Å². The maximum Gasteiger partial charge on any atom is 0.0367 e. The van der Waals surface area contributed by atoms with Gasteiger partial charge in [-0.3, -0.25) is 0 Å². The summed E-state index contributed by atoms with van der Waals surface area (Å²) in [5, 5.41) is 0.392. The van der Waals surface area contributed by atoms with Crippen molar-refractivity contribution in [3.8, 4) is 0 Å². The van der Waals surface area contributed by atoms with E-state index in [4.69, 9.17) is 11.6 Å². The summed E-state index contributed by atoms with van der Waals surface area (Å²) in [6.45, 7) is 6.65. The van der Waals surface area contributed by atoms with E-state index in [-0.39, 0.29) is 0 Å². The third kappa shape index (κ3) is 3.04. The molecule has 2 unspecified atom stereocenters. The summed E-state index contributed by atoms with van der Waals surface area (Å²) in [4.78, 5) is 0. The second-order valence-electron chi connectivity index (χ2n) is 5.64. The first-order valence-corrected chi connectivity index (χ1v) is 7.22. The number of halogens is 1. The minimum absolute atomic E-state index is 0.392. The number of benzene rings is 1. The molecule has 1 aliphatic carbocycles. The highest BCUT2D eigenvalue weighted by Crippen LogP contribution is 2.32. The summed E-state index contributed by atoms with van der Waals surface area (Å²) in [5.41, 5.74) is 5.79. The Hall–Kier alpha value is -0.490.